The number of amides is 1. The Morgan fingerprint density at radius 3 is 2.92 bits per heavy atom. The molecule has 122 valence electrons. The van der Waals surface area contributed by atoms with Crippen LogP contribution in [0.5, 0.6) is 0 Å². The van der Waals surface area contributed by atoms with Gasteiger partial charge in [-0.25, -0.2) is 4.98 Å². The van der Waals surface area contributed by atoms with Gasteiger partial charge in [-0.15, -0.1) is 22.7 Å². The highest BCUT2D eigenvalue weighted by atomic mass is 32.1. The summed E-state index contributed by atoms with van der Waals surface area (Å²) in [6, 6.07) is 10.3. The molecule has 1 aliphatic carbocycles. The van der Waals surface area contributed by atoms with Crippen molar-refractivity contribution in [3.8, 4) is 9.88 Å². The Kier molecular flexibility index (Phi) is 4.45. The van der Waals surface area contributed by atoms with Crippen LogP contribution in [-0.2, 0) is 24.1 Å². The molecule has 0 saturated heterocycles. The number of carbonyl (C=O) groups is 1. The predicted octanol–water partition coefficient (Wildman–Crippen LogP) is 4.93. The van der Waals surface area contributed by atoms with Crippen molar-refractivity contribution in [1.82, 2.24) is 4.98 Å². The number of nitrogens with one attached hydrogen (secondary N) is 1. The average molecular weight is 355 g/mol. The van der Waals surface area contributed by atoms with Crippen molar-refractivity contribution in [3.63, 3.8) is 0 Å². The van der Waals surface area contributed by atoms with Crippen molar-refractivity contribution in [2.75, 3.05) is 5.32 Å². The lowest BCUT2D eigenvalue weighted by molar-refractivity contribution is -0.115. The number of thiophene rings is 1. The molecule has 0 radical (unpaired) electrons. The topological polar surface area (TPSA) is 42.0 Å². The molecule has 2 heterocycles. The van der Waals surface area contributed by atoms with E-state index in [1.165, 1.54) is 24.0 Å². The molecule has 0 fully saturated rings. The number of anilines is 1. The van der Waals surface area contributed by atoms with Gasteiger partial charge in [-0.1, -0.05) is 18.2 Å². The van der Waals surface area contributed by atoms with Crippen LogP contribution in [0.25, 0.3) is 9.88 Å². The Bertz CT molecular complexity index is 852. The van der Waals surface area contributed by atoms with Gasteiger partial charge in [-0.3, -0.25) is 4.79 Å². The Labute approximate surface area is 149 Å². The van der Waals surface area contributed by atoms with Crippen LogP contribution in [0, 0.1) is 0 Å². The second kappa shape index (κ2) is 6.87. The van der Waals surface area contributed by atoms with Gasteiger partial charge in [-0.05, 0) is 54.3 Å². The highest BCUT2D eigenvalue weighted by Gasteiger charge is 2.15. The molecule has 1 N–H and O–H groups in total. The number of benzene rings is 1. The van der Waals surface area contributed by atoms with E-state index in [9.17, 15) is 4.79 Å². The monoisotopic (exact) mass is 354 g/mol. The molecule has 0 unspecified atom stereocenters. The molecule has 5 heteroatoms. The zero-order chi connectivity index (χ0) is 16.4. The number of hydrogen-bond donors (Lipinski definition) is 1. The molecular formula is C19H18N2OS2. The molecule has 0 saturated carbocycles. The van der Waals surface area contributed by atoms with Crippen LogP contribution in [0.15, 0.2) is 41.1 Å². The molecule has 0 atom stereocenters. The molecule has 3 aromatic rings. The van der Waals surface area contributed by atoms with Gasteiger partial charge in [0.25, 0.3) is 0 Å². The van der Waals surface area contributed by atoms with E-state index in [0.29, 0.717) is 6.42 Å². The molecule has 4 rings (SSSR count). The van der Waals surface area contributed by atoms with Crippen molar-refractivity contribution in [1.29, 1.82) is 0 Å². The van der Waals surface area contributed by atoms with Crippen LogP contribution in [0.2, 0.25) is 0 Å². The maximum atomic E-state index is 12.4. The lowest BCUT2D eigenvalue weighted by Gasteiger charge is -2.19. The normalized spacial score (nSPS) is 13.5. The van der Waals surface area contributed by atoms with E-state index in [0.717, 1.165) is 34.1 Å². The van der Waals surface area contributed by atoms with Gasteiger partial charge in [0.15, 0.2) is 0 Å². The van der Waals surface area contributed by atoms with Gasteiger partial charge < -0.3 is 5.32 Å². The molecule has 0 aliphatic heterocycles. The first-order valence-corrected chi connectivity index (χ1v) is 9.94. The molecule has 1 aliphatic rings. The summed E-state index contributed by atoms with van der Waals surface area (Å²) >= 11 is 3.27. The fourth-order valence-corrected chi connectivity index (χ4v) is 4.79. The Morgan fingerprint density at radius 2 is 2.04 bits per heavy atom. The maximum Gasteiger partial charge on any atom is 0.230 e. The third-order valence-electron chi connectivity index (χ3n) is 4.30. The summed E-state index contributed by atoms with van der Waals surface area (Å²) in [5, 5.41) is 8.11. The zero-order valence-electron chi connectivity index (χ0n) is 13.2. The second-order valence-electron chi connectivity index (χ2n) is 6.00. The number of nitrogens with zero attached hydrogens (tertiary/aromatic N) is 1. The lowest BCUT2D eigenvalue weighted by atomic mass is 9.90. The molecule has 0 spiro atoms. The van der Waals surface area contributed by atoms with Crippen molar-refractivity contribution < 1.29 is 4.79 Å². The number of fused-ring (bicyclic) bond motifs is 1. The second-order valence-corrected chi connectivity index (χ2v) is 7.80. The smallest absolute Gasteiger partial charge is 0.230 e. The van der Waals surface area contributed by atoms with Gasteiger partial charge in [0, 0.05) is 11.1 Å². The third-order valence-corrected chi connectivity index (χ3v) is 6.23. The van der Waals surface area contributed by atoms with Crippen LogP contribution in [0.1, 0.15) is 29.7 Å². The van der Waals surface area contributed by atoms with Crippen LogP contribution < -0.4 is 5.32 Å². The highest BCUT2D eigenvalue weighted by molar-refractivity contribution is 7.20. The Hall–Kier alpha value is -1.98. The van der Waals surface area contributed by atoms with Crippen molar-refractivity contribution in [2.24, 2.45) is 0 Å². The lowest BCUT2D eigenvalue weighted by Crippen LogP contribution is -2.17. The van der Waals surface area contributed by atoms with Crippen LogP contribution >= 0.6 is 22.7 Å². The first-order chi connectivity index (χ1) is 11.8. The molecule has 24 heavy (non-hydrogen) atoms. The number of hydrogen-bond acceptors (Lipinski definition) is 4. The number of aryl methyl sites for hydroxylation is 1. The Morgan fingerprint density at radius 1 is 1.12 bits per heavy atom. The molecule has 3 nitrogen and oxygen atoms in total. The minimum Gasteiger partial charge on any atom is -0.325 e. The van der Waals surface area contributed by atoms with Crippen molar-refractivity contribution in [2.45, 2.75) is 32.1 Å². The van der Waals surface area contributed by atoms with Crippen molar-refractivity contribution in [3.05, 3.63) is 57.9 Å². The summed E-state index contributed by atoms with van der Waals surface area (Å²) < 4.78 is 0. The van der Waals surface area contributed by atoms with Crippen LogP contribution in [0.4, 0.5) is 5.69 Å². The Balaban J connectivity index is 1.46. The summed E-state index contributed by atoms with van der Waals surface area (Å²) in [5.74, 6) is 0.0111. The minimum absolute atomic E-state index is 0.0111. The zero-order valence-corrected chi connectivity index (χ0v) is 14.9. The predicted molar refractivity (Wildman–Crippen MR) is 101 cm³/mol. The number of carbonyl (C=O) groups excluding carboxylic acids is 1. The van der Waals surface area contributed by atoms with E-state index in [2.05, 4.69) is 22.4 Å². The van der Waals surface area contributed by atoms with Gasteiger partial charge >= 0.3 is 0 Å². The SMILES string of the molecule is O=C(Cc1csc(-c2cccs2)n1)Nc1cccc2c1CCCC2. The van der Waals surface area contributed by atoms with Gasteiger partial charge in [0.05, 0.1) is 17.0 Å². The quantitative estimate of drug-likeness (QED) is 0.722. The van der Waals surface area contributed by atoms with Crippen LogP contribution in [0.3, 0.4) is 0 Å². The fourth-order valence-electron chi connectivity index (χ4n) is 3.16. The molecule has 2 aromatic heterocycles. The van der Waals surface area contributed by atoms with E-state index in [-0.39, 0.29) is 5.91 Å². The number of rotatable bonds is 4. The summed E-state index contributed by atoms with van der Waals surface area (Å²) in [6.07, 6.45) is 4.96. The summed E-state index contributed by atoms with van der Waals surface area (Å²) in [5.41, 5.74) is 4.51. The van der Waals surface area contributed by atoms with Crippen LogP contribution in [-0.4, -0.2) is 10.9 Å². The molecule has 1 aromatic carbocycles. The number of thiazole rings is 1. The van der Waals surface area contributed by atoms with Gasteiger partial charge in [0.1, 0.15) is 5.01 Å². The average Bonchev–Trinajstić information content (AvgIpc) is 3.26. The largest absolute Gasteiger partial charge is 0.325 e. The third kappa shape index (κ3) is 3.28. The molecule has 0 bridgehead atoms. The van der Waals surface area contributed by atoms with Gasteiger partial charge in [-0.2, -0.15) is 0 Å². The molecular weight excluding hydrogens is 336 g/mol. The summed E-state index contributed by atoms with van der Waals surface area (Å²) in [7, 11) is 0. The minimum atomic E-state index is 0.0111. The standard InChI is InChI=1S/C19H18N2OS2/c22-18(11-14-12-24-19(20-14)17-9-4-10-23-17)21-16-8-3-6-13-5-1-2-7-15(13)16/h3-4,6,8-10,12H,1-2,5,7,11H2,(H,21,22). The van der Waals surface area contributed by atoms with Gasteiger partial charge in [0.2, 0.25) is 5.91 Å². The fraction of sp³-hybridized carbons (Fsp3) is 0.263. The van der Waals surface area contributed by atoms with E-state index in [1.54, 1.807) is 22.7 Å². The summed E-state index contributed by atoms with van der Waals surface area (Å²) in [4.78, 5) is 18.2. The number of aromatic nitrogens is 1. The van der Waals surface area contributed by atoms with E-state index < -0.39 is 0 Å². The first kappa shape index (κ1) is 15.5. The van der Waals surface area contributed by atoms with E-state index >= 15 is 0 Å². The van der Waals surface area contributed by atoms with E-state index in [4.69, 9.17) is 0 Å². The maximum absolute atomic E-state index is 12.4. The summed E-state index contributed by atoms with van der Waals surface area (Å²) in [6.45, 7) is 0. The molecule has 1 amide bonds. The van der Waals surface area contributed by atoms with Crippen molar-refractivity contribution >= 4 is 34.3 Å². The van der Waals surface area contributed by atoms with E-state index in [1.807, 2.05) is 29.0 Å². The highest BCUT2D eigenvalue weighted by Crippen LogP contribution is 2.29. The first-order valence-electron chi connectivity index (χ1n) is 8.18.